The molecule has 0 aliphatic heterocycles. The van der Waals surface area contributed by atoms with Crippen molar-refractivity contribution in [3.8, 4) is 16.9 Å². The first-order valence-electron chi connectivity index (χ1n) is 8.17. The second-order valence-electron chi connectivity index (χ2n) is 6.22. The fourth-order valence-electron chi connectivity index (χ4n) is 3.38. The van der Waals surface area contributed by atoms with Crippen LogP contribution in [0.15, 0.2) is 60.8 Å². The van der Waals surface area contributed by atoms with Gasteiger partial charge >= 0.3 is 0 Å². The Morgan fingerprint density at radius 3 is 2.36 bits per heavy atom. The van der Waals surface area contributed by atoms with Crippen LogP contribution in [0.1, 0.15) is 17.0 Å². The van der Waals surface area contributed by atoms with Crippen LogP contribution in [0.25, 0.3) is 27.7 Å². The van der Waals surface area contributed by atoms with Gasteiger partial charge in [-0.2, -0.15) is 0 Å². The number of benzene rings is 3. The summed E-state index contributed by atoms with van der Waals surface area (Å²) in [6.07, 6.45) is 2.13. The Morgan fingerprint density at radius 2 is 1.60 bits per heavy atom. The molecule has 0 saturated carbocycles. The summed E-state index contributed by atoms with van der Waals surface area (Å²) in [5, 5.41) is 2.40. The number of aromatic nitrogens is 2. The van der Waals surface area contributed by atoms with E-state index in [0.29, 0.717) is 0 Å². The number of imidazole rings is 1. The Kier molecular flexibility index (Phi) is 4.89. The van der Waals surface area contributed by atoms with Crippen molar-refractivity contribution in [2.75, 3.05) is 0 Å². The third kappa shape index (κ3) is 3.06. The second kappa shape index (κ2) is 6.95. The van der Waals surface area contributed by atoms with E-state index in [4.69, 9.17) is 4.98 Å². The van der Waals surface area contributed by atoms with Gasteiger partial charge in [0.05, 0.1) is 11.5 Å². The van der Waals surface area contributed by atoms with Gasteiger partial charge in [-0.25, -0.2) is 0 Å². The summed E-state index contributed by atoms with van der Waals surface area (Å²) in [6, 6.07) is 22.2. The van der Waals surface area contributed by atoms with Gasteiger partial charge in [0.2, 0.25) is 0 Å². The minimum atomic E-state index is 0. The van der Waals surface area contributed by atoms with E-state index in [1.54, 1.807) is 0 Å². The fraction of sp³-hybridized carbons (Fsp3) is 0.136. The molecule has 0 atom stereocenters. The molecule has 4 rings (SSSR count). The number of para-hydroxylation sites is 1. The summed E-state index contributed by atoms with van der Waals surface area (Å²) < 4.78 is 2.19. The van der Waals surface area contributed by atoms with Crippen LogP contribution < -0.4 is 0 Å². The minimum Gasteiger partial charge on any atom is -0.313 e. The maximum atomic E-state index is 4.82. The molecule has 0 aliphatic rings. The van der Waals surface area contributed by atoms with Gasteiger partial charge in [-0.05, 0) is 38.1 Å². The van der Waals surface area contributed by atoms with Gasteiger partial charge < -0.3 is 4.57 Å². The van der Waals surface area contributed by atoms with Crippen LogP contribution in [0.3, 0.4) is 0 Å². The van der Waals surface area contributed by atoms with Crippen molar-refractivity contribution >= 4 is 10.8 Å². The zero-order chi connectivity index (χ0) is 16.7. The van der Waals surface area contributed by atoms with E-state index in [2.05, 4.69) is 86.1 Å². The summed E-state index contributed by atoms with van der Waals surface area (Å²) in [4.78, 5) is 4.82. The molecule has 0 unspecified atom stereocenters. The third-order valence-corrected chi connectivity index (χ3v) is 4.54. The molecular formula is C22H19IrN2-. The van der Waals surface area contributed by atoms with Gasteiger partial charge in [-0.3, -0.25) is 4.98 Å². The second-order valence-corrected chi connectivity index (χ2v) is 6.22. The van der Waals surface area contributed by atoms with Crippen LogP contribution in [0.4, 0.5) is 0 Å². The molecule has 2 nitrogen and oxygen atoms in total. The first-order valence-corrected chi connectivity index (χ1v) is 8.17. The zero-order valence-corrected chi connectivity index (χ0v) is 16.9. The van der Waals surface area contributed by atoms with Crippen molar-refractivity contribution in [2.45, 2.75) is 20.8 Å². The molecule has 0 amide bonds. The minimum absolute atomic E-state index is 0. The monoisotopic (exact) mass is 504 g/mol. The smallest absolute Gasteiger partial charge is 0.0992 e. The van der Waals surface area contributed by atoms with Crippen LogP contribution in [-0.2, 0) is 20.1 Å². The topological polar surface area (TPSA) is 17.8 Å². The number of rotatable bonds is 2. The van der Waals surface area contributed by atoms with E-state index in [0.717, 1.165) is 17.1 Å². The number of aryl methyl sites for hydroxylation is 3. The molecule has 3 aromatic carbocycles. The molecular weight excluding hydrogens is 484 g/mol. The SMILES string of the molecule is Cc1cccc(C)c1-n1cc(-c2[c-]ccc3ccccc23)nc1C.[Ir]. The van der Waals surface area contributed by atoms with Crippen molar-refractivity contribution in [2.24, 2.45) is 0 Å². The standard InChI is InChI=1S/C22H19N2.Ir/c1-15-8-6-9-16(2)22(15)24-14-21(23-17(24)3)20-13-7-11-18-10-4-5-12-19(18)20;/h4-12,14H,1-3H3;/q-1;. The molecule has 0 fully saturated rings. The van der Waals surface area contributed by atoms with Crippen LogP contribution in [0.2, 0.25) is 0 Å². The molecule has 1 heterocycles. The average Bonchev–Trinajstić information content (AvgIpc) is 2.96. The van der Waals surface area contributed by atoms with E-state index >= 15 is 0 Å². The number of hydrogen-bond donors (Lipinski definition) is 0. The molecule has 4 aromatic rings. The van der Waals surface area contributed by atoms with Gasteiger partial charge in [0.15, 0.2) is 0 Å². The van der Waals surface area contributed by atoms with Crippen LogP contribution in [0, 0.1) is 26.8 Å². The van der Waals surface area contributed by atoms with E-state index in [1.165, 1.54) is 27.6 Å². The maximum absolute atomic E-state index is 4.82. The molecule has 0 bridgehead atoms. The van der Waals surface area contributed by atoms with Gasteiger partial charge in [0.25, 0.3) is 0 Å². The summed E-state index contributed by atoms with van der Waals surface area (Å²) >= 11 is 0. The largest absolute Gasteiger partial charge is 0.313 e. The maximum Gasteiger partial charge on any atom is 0.0992 e. The molecule has 0 saturated heterocycles. The summed E-state index contributed by atoms with van der Waals surface area (Å²) in [5.74, 6) is 0.990. The quantitative estimate of drug-likeness (QED) is 0.334. The normalized spacial score (nSPS) is 10.7. The van der Waals surface area contributed by atoms with E-state index < -0.39 is 0 Å². The Morgan fingerprint density at radius 1 is 0.880 bits per heavy atom. The van der Waals surface area contributed by atoms with Crippen molar-refractivity contribution in [1.82, 2.24) is 9.55 Å². The first kappa shape index (κ1) is 17.6. The first-order chi connectivity index (χ1) is 11.6. The molecule has 1 aromatic heterocycles. The van der Waals surface area contributed by atoms with E-state index in [-0.39, 0.29) is 20.1 Å². The number of nitrogens with zero attached hydrogens (tertiary/aromatic N) is 2. The Hall–Kier alpha value is -2.22. The van der Waals surface area contributed by atoms with Crippen molar-refractivity contribution < 1.29 is 20.1 Å². The predicted molar refractivity (Wildman–Crippen MR) is 99.6 cm³/mol. The van der Waals surface area contributed by atoms with E-state index in [1.807, 2.05) is 6.07 Å². The summed E-state index contributed by atoms with van der Waals surface area (Å²) in [5.41, 5.74) is 5.75. The van der Waals surface area contributed by atoms with Gasteiger partial charge in [-0.1, -0.05) is 47.9 Å². The molecule has 3 heteroatoms. The molecule has 0 aliphatic carbocycles. The van der Waals surface area contributed by atoms with Crippen LogP contribution in [0.5, 0.6) is 0 Å². The zero-order valence-electron chi connectivity index (χ0n) is 14.5. The Balaban J connectivity index is 0.00000182. The van der Waals surface area contributed by atoms with Crippen LogP contribution in [-0.4, -0.2) is 9.55 Å². The molecule has 0 spiro atoms. The van der Waals surface area contributed by atoms with Crippen LogP contribution >= 0.6 is 0 Å². The molecule has 1 radical (unpaired) electrons. The van der Waals surface area contributed by atoms with Gasteiger partial charge in [0.1, 0.15) is 0 Å². The Labute approximate surface area is 161 Å². The summed E-state index contributed by atoms with van der Waals surface area (Å²) in [6.45, 7) is 6.34. The van der Waals surface area contributed by atoms with Crippen molar-refractivity contribution in [3.05, 3.63) is 83.8 Å². The fourth-order valence-corrected chi connectivity index (χ4v) is 3.38. The van der Waals surface area contributed by atoms with E-state index in [9.17, 15) is 0 Å². The molecule has 25 heavy (non-hydrogen) atoms. The molecule has 0 N–H and O–H groups in total. The predicted octanol–water partition coefficient (Wildman–Crippen LogP) is 5.42. The van der Waals surface area contributed by atoms with Crippen molar-refractivity contribution in [1.29, 1.82) is 0 Å². The molecule has 127 valence electrons. The number of fused-ring (bicyclic) bond motifs is 1. The summed E-state index contributed by atoms with van der Waals surface area (Å²) in [7, 11) is 0. The average molecular weight is 504 g/mol. The van der Waals surface area contributed by atoms with Gasteiger partial charge in [-0.15, -0.1) is 29.1 Å². The number of hydrogen-bond acceptors (Lipinski definition) is 1. The van der Waals surface area contributed by atoms with Gasteiger partial charge in [0, 0.05) is 25.8 Å². The Bertz CT molecular complexity index is 1020. The van der Waals surface area contributed by atoms with Crippen molar-refractivity contribution in [3.63, 3.8) is 0 Å². The third-order valence-electron chi connectivity index (χ3n) is 4.54.